The van der Waals surface area contributed by atoms with E-state index in [-0.39, 0.29) is 12.5 Å². The van der Waals surface area contributed by atoms with Crippen molar-refractivity contribution in [2.24, 2.45) is 5.73 Å². The van der Waals surface area contributed by atoms with E-state index in [1.165, 1.54) is 0 Å². The minimum absolute atomic E-state index is 0.000788. The van der Waals surface area contributed by atoms with Crippen molar-refractivity contribution in [3.8, 4) is 0 Å². The Labute approximate surface area is 82.9 Å². The van der Waals surface area contributed by atoms with Crippen LogP contribution in [0.3, 0.4) is 0 Å². The third kappa shape index (κ3) is 3.42. The van der Waals surface area contributed by atoms with Crippen LogP contribution in [-0.4, -0.2) is 6.43 Å². The maximum atomic E-state index is 11.9. The smallest absolute Gasteiger partial charge is 0.239 e. The monoisotopic (exact) mass is 199 g/mol. The summed E-state index contributed by atoms with van der Waals surface area (Å²) in [4.78, 5) is 0. The van der Waals surface area contributed by atoms with Gasteiger partial charge in [-0.3, -0.25) is 0 Å². The topological polar surface area (TPSA) is 26.0 Å². The molecule has 0 bridgehead atoms. The molecule has 1 nitrogen and oxygen atoms in total. The fraction of sp³-hybridized carbons (Fsp3) is 0.455. The Hall–Kier alpha value is -0.960. The van der Waals surface area contributed by atoms with Gasteiger partial charge < -0.3 is 5.73 Å². The molecular formula is C11H15F2N. The van der Waals surface area contributed by atoms with Crippen molar-refractivity contribution in [1.82, 2.24) is 0 Å². The summed E-state index contributed by atoms with van der Waals surface area (Å²) in [6.45, 7) is 1.90. The van der Waals surface area contributed by atoms with Crippen LogP contribution >= 0.6 is 0 Å². The van der Waals surface area contributed by atoms with Crippen molar-refractivity contribution in [2.75, 3.05) is 0 Å². The first kappa shape index (κ1) is 11.1. The molecule has 0 aliphatic heterocycles. The van der Waals surface area contributed by atoms with Crippen LogP contribution in [0.25, 0.3) is 0 Å². The molecular weight excluding hydrogens is 184 g/mol. The molecule has 1 aromatic rings. The molecule has 1 atom stereocenters. The highest BCUT2D eigenvalue weighted by Gasteiger charge is 2.03. The van der Waals surface area contributed by atoms with Crippen molar-refractivity contribution < 1.29 is 8.78 Å². The van der Waals surface area contributed by atoms with E-state index in [1.54, 1.807) is 0 Å². The van der Waals surface area contributed by atoms with Gasteiger partial charge in [0, 0.05) is 12.5 Å². The number of halogens is 2. The summed E-state index contributed by atoms with van der Waals surface area (Å²) in [7, 11) is 0. The predicted octanol–water partition coefficient (Wildman–Crippen LogP) is 2.90. The lowest BCUT2D eigenvalue weighted by molar-refractivity contribution is 0.138. The summed E-state index contributed by atoms with van der Waals surface area (Å²) in [6, 6.07) is 7.51. The SMILES string of the molecule is CC(N)c1ccc(CCC(F)F)cc1. The Morgan fingerprint density at radius 1 is 1.21 bits per heavy atom. The van der Waals surface area contributed by atoms with Crippen LogP contribution in [0.4, 0.5) is 8.78 Å². The van der Waals surface area contributed by atoms with E-state index in [1.807, 2.05) is 31.2 Å². The molecule has 0 heterocycles. The Balaban J connectivity index is 2.55. The molecule has 0 spiro atoms. The van der Waals surface area contributed by atoms with Crippen LogP contribution in [0.2, 0.25) is 0 Å². The Morgan fingerprint density at radius 3 is 2.21 bits per heavy atom. The van der Waals surface area contributed by atoms with Crippen molar-refractivity contribution >= 4 is 0 Å². The van der Waals surface area contributed by atoms with Crippen molar-refractivity contribution in [2.45, 2.75) is 32.2 Å². The van der Waals surface area contributed by atoms with E-state index in [0.717, 1.165) is 11.1 Å². The molecule has 0 radical (unpaired) electrons. The second-order valence-corrected chi connectivity index (χ2v) is 3.46. The third-order valence-electron chi connectivity index (χ3n) is 2.16. The minimum atomic E-state index is -2.22. The van der Waals surface area contributed by atoms with Gasteiger partial charge in [-0.15, -0.1) is 0 Å². The normalized spacial score (nSPS) is 13.2. The van der Waals surface area contributed by atoms with E-state index in [4.69, 9.17) is 5.73 Å². The van der Waals surface area contributed by atoms with E-state index in [9.17, 15) is 8.78 Å². The summed E-state index contributed by atoms with van der Waals surface area (Å²) >= 11 is 0. The van der Waals surface area contributed by atoms with Gasteiger partial charge in [0.2, 0.25) is 6.43 Å². The molecule has 1 aromatic carbocycles. The third-order valence-corrected chi connectivity index (χ3v) is 2.16. The average molecular weight is 199 g/mol. The lowest BCUT2D eigenvalue weighted by Gasteiger charge is -2.06. The van der Waals surface area contributed by atoms with E-state index in [2.05, 4.69) is 0 Å². The zero-order valence-electron chi connectivity index (χ0n) is 8.21. The van der Waals surface area contributed by atoms with Gasteiger partial charge in [-0.25, -0.2) is 8.78 Å². The molecule has 0 aliphatic carbocycles. The first-order chi connectivity index (χ1) is 6.59. The van der Waals surface area contributed by atoms with Crippen molar-refractivity contribution in [3.63, 3.8) is 0 Å². The largest absolute Gasteiger partial charge is 0.324 e. The van der Waals surface area contributed by atoms with Gasteiger partial charge in [0.25, 0.3) is 0 Å². The molecule has 0 fully saturated rings. The molecule has 14 heavy (non-hydrogen) atoms. The molecule has 0 saturated carbocycles. The Bertz CT molecular complexity index is 267. The summed E-state index contributed by atoms with van der Waals surface area (Å²) in [6.07, 6.45) is -1.86. The van der Waals surface area contributed by atoms with Crippen LogP contribution in [0.1, 0.15) is 30.5 Å². The summed E-state index contributed by atoms with van der Waals surface area (Å²) in [5.74, 6) is 0. The molecule has 0 amide bonds. The highest BCUT2D eigenvalue weighted by molar-refractivity contribution is 5.24. The summed E-state index contributed by atoms with van der Waals surface area (Å²) < 4.78 is 23.8. The number of benzene rings is 1. The van der Waals surface area contributed by atoms with Crippen molar-refractivity contribution in [3.05, 3.63) is 35.4 Å². The fourth-order valence-corrected chi connectivity index (χ4v) is 1.26. The minimum Gasteiger partial charge on any atom is -0.324 e. The van der Waals surface area contributed by atoms with Crippen LogP contribution in [-0.2, 0) is 6.42 Å². The maximum absolute atomic E-state index is 11.9. The highest BCUT2D eigenvalue weighted by atomic mass is 19.3. The first-order valence-electron chi connectivity index (χ1n) is 4.72. The van der Waals surface area contributed by atoms with Gasteiger partial charge in [0.1, 0.15) is 0 Å². The molecule has 1 rings (SSSR count). The number of nitrogens with two attached hydrogens (primary N) is 1. The van der Waals surface area contributed by atoms with Gasteiger partial charge in [-0.1, -0.05) is 24.3 Å². The molecule has 78 valence electrons. The zero-order valence-corrected chi connectivity index (χ0v) is 8.21. The number of alkyl halides is 2. The van der Waals surface area contributed by atoms with Crippen molar-refractivity contribution in [1.29, 1.82) is 0 Å². The quantitative estimate of drug-likeness (QED) is 0.792. The molecule has 0 aromatic heterocycles. The Morgan fingerprint density at radius 2 is 1.79 bits per heavy atom. The van der Waals surface area contributed by atoms with E-state index >= 15 is 0 Å². The van der Waals surface area contributed by atoms with Crippen LogP contribution < -0.4 is 5.73 Å². The Kier molecular flexibility index (Phi) is 4.01. The van der Waals surface area contributed by atoms with Gasteiger partial charge in [-0.2, -0.15) is 0 Å². The lowest BCUT2D eigenvalue weighted by atomic mass is 10.0. The van der Waals surface area contributed by atoms with Gasteiger partial charge >= 0.3 is 0 Å². The second-order valence-electron chi connectivity index (χ2n) is 3.46. The predicted molar refractivity (Wildman–Crippen MR) is 53.4 cm³/mol. The van der Waals surface area contributed by atoms with Crippen LogP contribution in [0.5, 0.6) is 0 Å². The highest BCUT2D eigenvalue weighted by Crippen LogP contribution is 2.13. The van der Waals surface area contributed by atoms with E-state index < -0.39 is 6.43 Å². The standard InChI is InChI=1S/C11H15F2N/c1-8(14)10-5-2-9(3-6-10)4-7-11(12)13/h2-3,5-6,8,11H,4,7,14H2,1H3. The van der Waals surface area contributed by atoms with Gasteiger partial charge in [0.15, 0.2) is 0 Å². The van der Waals surface area contributed by atoms with Gasteiger partial charge in [-0.05, 0) is 24.5 Å². The van der Waals surface area contributed by atoms with Crippen LogP contribution in [0.15, 0.2) is 24.3 Å². The van der Waals surface area contributed by atoms with Gasteiger partial charge in [0.05, 0.1) is 0 Å². The molecule has 0 aliphatic rings. The average Bonchev–Trinajstić information content (AvgIpc) is 2.15. The number of hydrogen-bond acceptors (Lipinski definition) is 1. The zero-order chi connectivity index (χ0) is 10.6. The number of rotatable bonds is 4. The first-order valence-corrected chi connectivity index (χ1v) is 4.72. The van der Waals surface area contributed by atoms with Crippen LogP contribution in [0, 0.1) is 0 Å². The second kappa shape index (κ2) is 5.05. The molecule has 2 N–H and O–H groups in total. The molecule has 0 saturated heterocycles. The lowest BCUT2D eigenvalue weighted by Crippen LogP contribution is -2.04. The van der Waals surface area contributed by atoms with E-state index in [0.29, 0.717) is 6.42 Å². The molecule has 3 heteroatoms. The summed E-state index contributed by atoms with van der Waals surface area (Å²) in [5, 5.41) is 0. The number of hydrogen-bond donors (Lipinski definition) is 1. The number of aryl methyl sites for hydroxylation is 1. The maximum Gasteiger partial charge on any atom is 0.239 e. The fourth-order valence-electron chi connectivity index (χ4n) is 1.26. The summed E-state index contributed by atoms with van der Waals surface area (Å²) in [5.41, 5.74) is 7.64. The molecule has 1 unspecified atom stereocenters.